The number of hydrogen-bond donors (Lipinski definition) is 0. The molecule has 14 heavy (non-hydrogen) atoms. The molecule has 0 amide bonds. The first-order chi connectivity index (χ1) is 6.77. The largest absolute Gasteiger partial charge is 0.422 e. The van der Waals surface area contributed by atoms with Crippen molar-refractivity contribution in [3.8, 4) is 0 Å². The minimum Gasteiger partial charge on any atom is -0.422 e. The van der Waals surface area contributed by atoms with E-state index in [1.165, 1.54) is 4.40 Å². The lowest BCUT2D eigenvalue weighted by molar-refractivity contribution is 0.531. The first-order valence-electron chi connectivity index (χ1n) is 4.16. The summed E-state index contributed by atoms with van der Waals surface area (Å²) < 4.78 is 19.8. The molecule has 0 saturated heterocycles. The number of benzene rings is 1. The number of para-hydroxylation sites is 1. The number of oxazole rings is 1. The Morgan fingerprint density at radius 2 is 2.21 bits per heavy atom. The molecule has 0 saturated carbocycles. The van der Waals surface area contributed by atoms with Gasteiger partial charge in [0.2, 0.25) is 0 Å². The van der Waals surface area contributed by atoms with Crippen LogP contribution in [-0.4, -0.2) is 14.6 Å². The molecular formula is C9H6FN3O. The summed E-state index contributed by atoms with van der Waals surface area (Å²) in [5, 5.41) is 6.87. The molecule has 0 unspecified atom stereocenters. The summed E-state index contributed by atoms with van der Waals surface area (Å²) >= 11 is 0. The van der Waals surface area contributed by atoms with Gasteiger partial charge in [-0.05, 0) is 18.6 Å². The Morgan fingerprint density at radius 3 is 3.07 bits per heavy atom. The Hall–Kier alpha value is -1.91. The Bertz CT molecular complexity index is 625. The van der Waals surface area contributed by atoms with Crippen molar-refractivity contribution in [1.29, 1.82) is 0 Å². The molecule has 2 aromatic heterocycles. The van der Waals surface area contributed by atoms with E-state index in [9.17, 15) is 4.39 Å². The molecule has 0 spiro atoms. The maximum Gasteiger partial charge on any atom is 0.329 e. The van der Waals surface area contributed by atoms with E-state index in [0.29, 0.717) is 11.1 Å². The molecule has 0 radical (unpaired) electrons. The minimum absolute atomic E-state index is 0.187. The van der Waals surface area contributed by atoms with Gasteiger partial charge in [-0.15, -0.1) is 0 Å². The Balaban J connectivity index is 2.68. The highest BCUT2D eigenvalue weighted by Crippen LogP contribution is 2.22. The predicted octanol–water partition coefficient (Wildman–Crippen LogP) is 1.92. The Morgan fingerprint density at radius 1 is 1.36 bits per heavy atom. The standard InChI is InChI=1S/C9H6FN3O/c1-5-3-2-4-6-7(5)13-8(10)11-12-9(13)14-6/h2-4H,1H3. The number of hydrogen-bond acceptors (Lipinski definition) is 3. The van der Waals surface area contributed by atoms with E-state index >= 15 is 0 Å². The molecule has 0 N–H and O–H groups in total. The number of halogens is 1. The first kappa shape index (κ1) is 7.49. The maximum atomic E-state index is 13.2. The molecule has 2 heterocycles. The summed E-state index contributed by atoms with van der Waals surface area (Å²) in [4.78, 5) is 0. The topological polar surface area (TPSA) is 43.3 Å². The van der Waals surface area contributed by atoms with Gasteiger partial charge in [0.05, 0.1) is 0 Å². The lowest BCUT2D eigenvalue weighted by Gasteiger charge is -1.93. The molecule has 4 nitrogen and oxygen atoms in total. The number of aryl methyl sites for hydroxylation is 1. The molecule has 70 valence electrons. The second-order valence-corrected chi connectivity index (χ2v) is 3.11. The zero-order valence-electron chi connectivity index (χ0n) is 7.36. The van der Waals surface area contributed by atoms with Crippen LogP contribution in [-0.2, 0) is 0 Å². The second-order valence-electron chi connectivity index (χ2n) is 3.11. The molecule has 3 rings (SSSR count). The monoisotopic (exact) mass is 191 g/mol. The highest BCUT2D eigenvalue weighted by atomic mass is 19.1. The third-order valence-electron chi connectivity index (χ3n) is 2.22. The van der Waals surface area contributed by atoms with Crippen molar-refractivity contribution in [1.82, 2.24) is 14.6 Å². The first-order valence-corrected chi connectivity index (χ1v) is 4.16. The van der Waals surface area contributed by atoms with Crippen molar-refractivity contribution in [2.75, 3.05) is 0 Å². The van der Waals surface area contributed by atoms with Crippen LogP contribution in [0, 0.1) is 13.0 Å². The fraction of sp³-hybridized carbons (Fsp3) is 0.111. The van der Waals surface area contributed by atoms with Gasteiger partial charge in [0.15, 0.2) is 5.58 Å². The van der Waals surface area contributed by atoms with E-state index in [-0.39, 0.29) is 5.84 Å². The normalized spacial score (nSPS) is 11.6. The van der Waals surface area contributed by atoms with Crippen LogP contribution in [0.3, 0.4) is 0 Å². The van der Waals surface area contributed by atoms with Crippen molar-refractivity contribution < 1.29 is 8.81 Å². The van der Waals surface area contributed by atoms with E-state index in [1.807, 2.05) is 19.1 Å². The van der Waals surface area contributed by atoms with Crippen LogP contribution in [0.25, 0.3) is 16.9 Å². The smallest absolute Gasteiger partial charge is 0.329 e. The van der Waals surface area contributed by atoms with Crippen molar-refractivity contribution in [3.05, 3.63) is 29.8 Å². The Labute approximate surface area is 78.0 Å². The van der Waals surface area contributed by atoms with Gasteiger partial charge in [-0.3, -0.25) is 0 Å². The van der Waals surface area contributed by atoms with Crippen molar-refractivity contribution in [2.45, 2.75) is 6.92 Å². The number of nitrogens with zero attached hydrogens (tertiary/aromatic N) is 3. The number of rotatable bonds is 0. The van der Waals surface area contributed by atoms with E-state index in [2.05, 4.69) is 10.2 Å². The average molecular weight is 191 g/mol. The SMILES string of the molecule is Cc1cccc2oc3nnc(F)n3c12. The fourth-order valence-electron chi connectivity index (χ4n) is 1.61. The van der Waals surface area contributed by atoms with Gasteiger partial charge < -0.3 is 4.42 Å². The lowest BCUT2D eigenvalue weighted by atomic mass is 10.2. The van der Waals surface area contributed by atoms with Crippen LogP contribution >= 0.6 is 0 Å². The molecule has 0 bridgehead atoms. The summed E-state index contributed by atoms with van der Waals surface area (Å²) in [7, 11) is 0. The zero-order chi connectivity index (χ0) is 9.71. The molecular weight excluding hydrogens is 185 g/mol. The van der Waals surface area contributed by atoms with E-state index in [4.69, 9.17) is 4.42 Å². The van der Waals surface area contributed by atoms with Crippen LogP contribution in [0.15, 0.2) is 22.6 Å². The number of aromatic nitrogens is 3. The average Bonchev–Trinajstić information content (AvgIpc) is 2.67. The van der Waals surface area contributed by atoms with Crippen LogP contribution in [0.5, 0.6) is 0 Å². The van der Waals surface area contributed by atoms with Gasteiger partial charge in [0, 0.05) is 0 Å². The van der Waals surface area contributed by atoms with Crippen LogP contribution in [0.1, 0.15) is 5.56 Å². The number of fused-ring (bicyclic) bond motifs is 3. The molecule has 1 aromatic carbocycles. The van der Waals surface area contributed by atoms with Crippen LogP contribution in [0.4, 0.5) is 4.39 Å². The van der Waals surface area contributed by atoms with Gasteiger partial charge in [-0.2, -0.15) is 4.39 Å². The lowest BCUT2D eigenvalue weighted by Crippen LogP contribution is -1.88. The van der Waals surface area contributed by atoms with Crippen LogP contribution in [0.2, 0.25) is 0 Å². The van der Waals surface area contributed by atoms with E-state index in [0.717, 1.165) is 5.56 Å². The van der Waals surface area contributed by atoms with Gasteiger partial charge in [0.1, 0.15) is 5.52 Å². The molecule has 0 aliphatic rings. The summed E-state index contributed by atoms with van der Waals surface area (Å²) in [5.41, 5.74) is 2.23. The van der Waals surface area contributed by atoms with E-state index in [1.54, 1.807) is 6.07 Å². The highest BCUT2D eigenvalue weighted by Gasteiger charge is 2.14. The van der Waals surface area contributed by atoms with Crippen molar-refractivity contribution in [3.63, 3.8) is 0 Å². The van der Waals surface area contributed by atoms with Gasteiger partial charge in [-0.25, -0.2) is 4.40 Å². The van der Waals surface area contributed by atoms with Crippen molar-refractivity contribution >= 4 is 16.9 Å². The molecule has 0 fully saturated rings. The maximum absolute atomic E-state index is 13.2. The fourth-order valence-corrected chi connectivity index (χ4v) is 1.61. The van der Waals surface area contributed by atoms with Gasteiger partial charge >= 0.3 is 11.9 Å². The molecule has 5 heteroatoms. The van der Waals surface area contributed by atoms with Crippen LogP contribution < -0.4 is 0 Å². The van der Waals surface area contributed by atoms with Gasteiger partial charge in [-0.1, -0.05) is 22.3 Å². The summed E-state index contributed by atoms with van der Waals surface area (Å²) in [5.74, 6) is 0.187. The second kappa shape index (κ2) is 2.31. The third-order valence-corrected chi connectivity index (χ3v) is 2.22. The van der Waals surface area contributed by atoms with Crippen molar-refractivity contribution in [2.24, 2.45) is 0 Å². The zero-order valence-corrected chi connectivity index (χ0v) is 7.36. The molecule has 0 aliphatic heterocycles. The molecule has 0 atom stereocenters. The quantitative estimate of drug-likeness (QED) is 0.545. The highest BCUT2D eigenvalue weighted by molar-refractivity contribution is 5.79. The molecule has 0 aliphatic carbocycles. The predicted molar refractivity (Wildman–Crippen MR) is 47.5 cm³/mol. The summed E-state index contributed by atoms with van der Waals surface area (Å²) in [6.45, 7) is 1.89. The minimum atomic E-state index is -0.645. The summed E-state index contributed by atoms with van der Waals surface area (Å²) in [6, 6.07) is 5.51. The molecule has 3 aromatic rings. The van der Waals surface area contributed by atoms with Gasteiger partial charge in [0.25, 0.3) is 0 Å². The van der Waals surface area contributed by atoms with E-state index < -0.39 is 6.08 Å². The Kier molecular flexibility index (Phi) is 1.24. The summed E-state index contributed by atoms with van der Waals surface area (Å²) in [6.07, 6.45) is -0.645. The third kappa shape index (κ3) is 0.761.